The number of amides is 1. The van der Waals surface area contributed by atoms with E-state index in [-0.39, 0.29) is 19.0 Å². The minimum atomic E-state index is -1.05. The van der Waals surface area contributed by atoms with Crippen molar-refractivity contribution in [1.82, 2.24) is 4.90 Å². The van der Waals surface area contributed by atoms with E-state index in [0.717, 1.165) is 0 Å². The Morgan fingerprint density at radius 1 is 1.41 bits per heavy atom. The van der Waals surface area contributed by atoms with Gasteiger partial charge in [0.05, 0.1) is 12.6 Å². The van der Waals surface area contributed by atoms with E-state index in [1.165, 1.54) is 12.0 Å². The zero-order valence-electron chi connectivity index (χ0n) is 10.7. The van der Waals surface area contributed by atoms with Crippen molar-refractivity contribution < 1.29 is 19.4 Å². The number of hydrogen-bond acceptors (Lipinski definition) is 4. The van der Waals surface area contributed by atoms with Crippen molar-refractivity contribution >= 4 is 11.9 Å². The van der Waals surface area contributed by atoms with E-state index in [0.29, 0.717) is 18.9 Å². The molecule has 6 heteroatoms. The minimum absolute atomic E-state index is 0.243. The molecule has 0 bridgehead atoms. The standard InChI is InChI=1S/C11H22N2O4/c1-8(2)6-9(12)11(16)13(4-5-17-3)7-10(14)15/h8-9H,4-7,12H2,1-3H3,(H,14,15)/t9-/m1/s1. The van der Waals surface area contributed by atoms with Crippen LogP contribution in [0.25, 0.3) is 0 Å². The maximum atomic E-state index is 11.9. The summed E-state index contributed by atoms with van der Waals surface area (Å²) in [5.41, 5.74) is 5.74. The van der Waals surface area contributed by atoms with Crippen molar-refractivity contribution in [2.24, 2.45) is 11.7 Å². The number of carbonyl (C=O) groups is 2. The highest BCUT2D eigenvalue weighted by Crippen LogP contribution is 2.06. The molecule has 1 amide bonds. The smallest absolute Gasteiger partial charge is 0.323 e. The van der Waals surface area contributed by atoms with E-state index in [4.69, 9.17) is 15.6 Å². The Morgan fingerprint density at radius 2 is 2.00 bits per heavy atom. The third kappa shape index (κ3) is 6.91. The van der Waals surface area contributed by atoms with Gasteiger partial charge in [-0.25, -0.2) is 0 Å². The molecule has 17 heavy (non-hydrogen) atoms. The molecule has 0 aromatic carbocycles. The van der Waals surface area contributed by atoms with Crippen LogP contribution in [0.15, 0.2) is 0 Å². The molecule has 0 unspecified atom stereocenters. The van der Waals surface area contributed by atoms with Crippen LogP contribution < -0.4 is 5.73 Å². The minimum Gasteiger partial charge on any atom is -0.480 e. The van der Waals surface area contributed by atoms with Gasteiger partial charge in [-0.05, 0) is 12.3 Å². The molecule has 0 saturated heterocycles. The summed E-state index contributed by atoms with van der Waals surface area (Å²) >= 11 is 0. The number of rotatable bonds is 8. The van der Waals surface area contributed by atoms with Gasteiger partial charge < -0.3 is 20.5 Å². The number of hydrogen-bond donors (Lipinski definition) is 2. The van der Waals surface area contributed by atoms with E-state index in [1.807, 2.05) is 13.8 Å². The van der Waals surface area contributed by atoms with Crippen LogP contribution in [0.1, 0.15) is 20.3 Å². The third-order valence-corrected chi connectivity index (χ3v) is 2.25. The molecule has 100 valence electrons. The molecular weight excluding hydrogens is 224 g/mol. The van der Waals surface area contributed by atoms with Gasteiger partial charge >= 0.3 is 5.97 Å². The van der Waals surface area contributed by atoms with Gasteiger partial charge in [-0.2, -0.15) is 0 Å². The van der Waals surface area contributed by atoms with Crippen molar-refractivity contribution in [3.63, 3.8) is 0 Å². The summed E-state index contributed by atoms with van der Waals surface area (Å²) in [5.74, 6) is -1.09. The van der Waals surface area contributed by atoms with Crippen LogP contribution in [-0.2, 0) is 14.3 Å². The fourth-order valence-electron chi connectivity index (χ4n) is 1.48. The normalized spacial score (nSPS) is 12.5. The molecule has 6 nitrogen and oxygen atoms in total. The van der Waals surface area contributed by atoms with E-state index in [1.54, 1.807) is 0 Å². The molecule has 0 aliphatic carbocycles. The van der Waals surface area contributed by atoms with Crippen LogP contribution in [-0.4, -0.2) is 54.7 Å². The van der Waals surface area contributed by atoms with Gasteiger partial charge in [-0.15, -0.1) is 0 Å². The maximum Gasteiger partial charge on any atom is 0.323 e. The lowest BCUT2D eigenvalue weighted by Gasteiger charge is -2.24. The molecule has 0 aliphatic rings. The van der Waals surface area contributed by atoms with Crippen LogP contribution in [0.5, 0.6) is 0 Å². The van der Waals surface area contributed by atoms with Gasteiger partial charge in [0.15, 0.2) is 0 Å². The lowest BCUT2D eigenvalue weighted by Crippen LogP contribution is -2.47. The van der Waals surface area contributed by atoms with Crippen molar-refractivity contribution in [2.75, 3.05) is 26.8 Å². The number of carbonyl (C=O) groups excluding carboxylic acids is 1. The van der Waals surface area contributed by atoms with Gasteiger partial charge in [0.2, 0.25) is 5.91 Å². The van der Waals surface area contributed by atoms with Gasteiger partial charge in [-0.3, -0.25) is 9.59 Å². The molecular formula is C11H22N2O4. The second kappa shape index (κ2) is 8.03. The summed E-state index contributed by atoms with van der Waals surface area (Å²) in [6.07, 6.45) is 0.544. The van der Waals surface area contributed by atoms with Crippen molar-refractivity contribution in [1.29, 1.82) is 0 Å². The largest absolute Gasteiger partial charge is 0.480 e. The second-order valence-electron chi connectivity index (χ2n) is 4.38. The van der Waals surface area contributed by atoms with Gasteiger partial charge in [0, 0.05) is 13.7 Å². The number of carboxylic acid groups (broad SMARTS) is 1. The monoisotopic (exact) mass is 246 g/mol. The Labute approximate surface area is 102 Å². The summed E-state index contributed by atoms with van der Waals surface area (Å²) in [6, 6.07) is -0.647. The fourth-order valence-corrected chi connectivity index (χ4v) is 1.48. The predicted octanol–water partition coefficient (Wildman–Crippen LogP) is -0.0806. The molecule has 1 atom stereocenters. The first-order valence-electron chi connectivity index (χ1n) is 5.63. The average Bonchev–Trinajstić information content (AvgIpc) is 2.21. The maximum absolute atomic E-state index is 11.9. The first kappa shape index (κ1) is 15.9. The molecule has 0 heterocycles. The van der Waals surface area contributed by atoms with Crippen molar-refractivity contribution in [2.45, 2.75) is 26.3 Å². The highest BCUT2D eigenvalue weighted by Gasteiger charge is 2.23. The predicted molar refractivity (Wildman–Crippen MR) is 63.5 cm³/mol. The number of nitrogens with two attached hydrogens (primary N) is 1. The number of methoxy groups -OCH3 is 1. The number of aliphatic carboxylic acids is 1. The Hall–Kier alpha value is -1.14. The van der Waals surface area contributed by atoms with E-state index >= 15 is 0 Å². The van der Waals surface area contributed by atoms with Crippen LogP contribution in [0.4, 0.5) is 0 Å². The molecule has 0 spiro atoms. The quantitative estimate of drug-likeness (QED) is 0.625. The molecule has 3 N–H and O–H groups in total. The van der Waals surface area contributed by atoms with Crippen molar-refractivity contribution in [3.8, 4) is 0 Å². The Bertz CT molecular complexity index is 256. The summed E-state index contributed by atoms with van der Waals surface area (Å²) in [7, 11) is 1.50. The number of carboxylic acids is 1. The molecule has 0 aromatic heterocycles. The SMILES string of the molecule is COCCN(CC(=O)O)C(=O)[C@H](N)CC(C)C. The topological polar surface area (TPSA) is 92.9 Å². The third-order valence-electron chi connectivity index (χ3n) is 2.25. The molecule has 0 saturated carbocycles. The lowest BCUT2D eigenvalue weighted by atomic mass is 10.0. The van der Waals surface area contributed by atoms with Crippen LogP contribution in [0.2, 0.25) is 0 Å². The van der Waals surface area contributed by atoms with Gasteiger partial charge in [0.25, 0.3) is 0 Å². The zero-order valence-corrected chi connectivity index (χ0v) is 10.7. The summed E-state index contributed by atoms with van der Waals surface area (Å²) < 4.78 is 4.84. The summed E-state index contributed by atoms with van der Waals surface area (Å²) in [4.78, 5) is 23.8. The number of nitrogens with zero attached hydrogens (tertiary/aromatic N) is 1. The van der Waals surface area contributed by atoms with Crippen LogP contribution >= 0.6 is 0 Å². The number of ether oxygens (including phenoxy) is 1. The first-order chi connectivity index (χ1) is 7.88. The summed E-state index contributed by atoms with van der Waals surface area (Å²) in [6.45, 7) is 4.13. The lowest BCUT2D eigenvalue weighted by molar-refractivity contribution is -0.145. The average molecular weight is 246 g/mol. The second-order valence-corrected chi connectivity index (χ2v) is 4.38. The first-order valence-corrected chi connectivity index (χ1v) is 5.63. The molecule has 0 radical (unpaired) electrons. The molecule has 0 fully saturated rings. The Kier molecular flexibility index (Phi) is 7.49. The van der Waals surface area contributed by atoms with Gasteiger partial charge in [0.1, 0.15) is 6.54 Å². The fraction of sp³-hybridized carbons (Fsp3) is 0.818. The van der Waals surface area contributed by atoms with Gasteiger partial charge in [-0.1, -0.05) is 13.8 Å². The van der Waals surface area contributed by atoms with E-state index < -0.39 is 12.0 Å². The molecule has 0 aromatic rings. The summed E-state index contributed by atoms with van der Waals surface area (Å²) in [5, 5.41) is 8.72. The van der Waals surface area contributed by atoms with Crippen LogP contribution in [0.3, 0.4) is 0 Å². The molecule has 0 rings (SSSR count). The molecule has 0 aliphatic heterocycles. The van der Waals surface area contributed by atoms with E-state index in [2.05, 4.69) is 0 Å². The highest BCUT2D eigenvalue weighted by molar-refractivity contribution is 5.85. The Balaban J connectivity index is 4.44. The van der Waals surface area contributed by atoms with E-state index in [9.17, 15) is 9.59 Å². The zero-order chi connectivity index (χ0) is 13.4. The Morgan fingerprint density at radius 3 is 2.41 bits per heavy atom. The van der Waals surface area contributed by atoms with Crippen LogP contribution in [0, 0.1) is 5.92 Å². The highest BCUT2D eigenvalue weighted by atomic mass is 16.5. The van der Waals surface area contributed by atoms with Crippen molar-refractivity contribution in [3.05, 3.63) is 0 Å².